The molecule has 0 saturated carbocycles. The van der Waals surface area contributed by atoms with E-state index < -0.39 is 5.97 Å². The van der Waals surface area contributed by atoms with Gasteiger partial charge in [-0.15, -0.1) is 0 Å². The highest BCUT2D eigenvalue weighted by Gasteiger charge is 2.10. The Morgan fingerprint density at radius 2 is 1.88 bits per heavy atom. The van der Waals surface area contributed by atoms with Crippen LogP contribution in [0.3, 0.4) is 0 Å². The van der Waals surface area contributed by atoms with Crippen molar-refractivity contribution >= 4 is 23.5 Å². The van der Waals surface area contributed by atoms with Crippen LogP contribution in [0.1, 0.15) is 41.1 Å². The minimum atomic E-state index is -0.425. The zero-order valence-electron chi connectivity index (χ0n) is 14.6. The van der Waals surface area contributed by atoms with Crippen LogP contribution in [0, 0.1) is 5.92 Å². The molecule has 7 heteroatoms. The minimum absolute atomic E-state index is 0.263. The molecule has 1 heterocycles. The van der Waals surface area contributed by atoms with Gasteiger partial charge in [-0.1, -0.05) is 13.8 Å². The maximum Gasteiger partial charge on any atom is 0.337 e. The van der Waals surface area contributed by atoms with E-state index in [-0.39, 0.29) is 11.6 Å². The number of amides is 1. The Morgan fingerprint density at radius 1 is 1.16 bits per heavy atom. The first-order valence-electron chi connectivity index (χ1n) is 8.06. The van der Waals surface area contributed by atoms with Crippen molar-refractivity contribution < 1.29 is 14.3 Å². The fraction of sp³-hybridized carbons (Fsp3) is 0.333. The summed E-state index contributed by atoms with van der Waals surface area (Å²) in [6.07, 6.45) is 2.53. The quantitative estimate of drug-likeness (QED) is 0.752. The molecule has 1 aromatic heterocycles. The highest BCUT2D eigenvalue weighted by molar-refractivity contribution is 6.03. The molecule has 1 aromatic carbocycles. The Hall–Kier alpha value is -2.96. The van der Waals surface area contributed by atoms with Gasteiger partial charge in [0.1, 0.15) is 5.69 Å². The predicted molar refractivity (Wildman–Crippen MR) is 95.7 cm³/mol. The molecule has 2 N–H and O–H groups in total. The lowest BCUT2D eigenvalue weighted by atomic mass is 10.1. The molecule has 0 unspecified atom stereocenters. The molecule has 2 rings (SSSR count). The van der Waals surface area contributed by atoms with E-state index in [4.69, 9.17) is 0 Å². The van der Waals surface area contributed by atoms with Crippen molar-refractivity contribution in [1.29, 1.82) is 0 Å². The molecule has 0 radical (unpaired) electrons. The van der Waals surface area contributed by atoms with Crippen molar-refractivity contribution in [3.05, 3.63) is 47.8 Å². The second kappa shape index (κ2) is 8.77. The first kappa shape index (κ1) is 18.4. The smallest absolute Gasteiger partial charge is 0.337 e. The number of rotatable bonds is 7. The van der Waals surface area contributed by atoms with Crippen LogP contribution in [-0.4, -0.2) is 35.5 Å². The van der Waals surface area contributed by atoms with Crippen LogP contribution in [0.5, 0.6) is 0 Å². The molecule has 7 nitrogen and oxygen atoms in total. The number of hydrogen-bond donors (Lipinski definition) is 2. The van der Waals surface area contributed by atoms with Gasteiger partial charge in [0.2, 0.25) is 5.95 Å². The summed E-state index contributed by atoms with van der Waals surface area (Å²) in [5.74, 6) is 0.229. The van der Waals surface area contributed by atoms with Crippen LogP contribution < -0.4 is 10.6 Å². The van der Waals surface area contributed by atoms with Crippen LogP contribution >= 0.6 is 0 Å². The molecule has 0 atom stereocenters. The average molecular weight is 342 g/mol. The monoisotopic (exact) mass is 342 g/mol. The molecule has 132 valence electrons. The van der Waals surface area contributed by atoms with Crippen LogP contribution in [0.2, 0.25) is 0 Å². The number of esters is 1. The van der Waals surface area contributed by atoms with Gasteiger partial charge in [0.25, 0.3) is 5.91 Å². The fourth-order valence-corrected chi connectivity index (χ4v) is 2.05. The van der Waals surface area contributed by atoms with E-state index in [1.165, 1.54) is 7.11 Å². The second-order valence-electron chi connectivity index (χ2n) is 5.90. The first-order valence-corrected chi connectivity index (χ1v) is 8.06. The Bertz CT molecular complexity index is 729. The molecule has 0 bridgehead atoms. The van der Waals surface area contributed by atoms with Crippen LogP contribution in [0.25, 0.3) is 0 Å². The van der Waals surface area contributed by atoms with Gasteiger partial charge >= 0.3 is 5.97 Å². The van der Waals surface area contributed by atoms with E-state index in [0.29, 0.717) is 23.1 Å². The van der Waals surface area contributed by atoms with E-state index in [0.717, 1.165) is 13.0 Å². The number of anilines is 2. The number of nitrogens with one attached hydrogen (secondary N) is 2. The third kappa shape index (κ3) is 5.56. The van der Waals surface area contributed by atoms with Gasteiger partial charge in [-0.3, -0.25) is 4.79 Å². The standard InChI is InChI=1S/C18H22N4O3/c1-12(2)8-10-19-18-20-11-9-15(22-18)16(23)21-14-6-4-13(5-7-14)17(24)25-3/h4-7,9,11-12H,8,10H2,1-3H3,(H,21,23)(H,19,20,22). The van der Waals surface area contributed by atoms with Gasteiger partial charge in [0.05, 0.1) is 12.7 Å². The third-order valence-electron chi connectivity index (χ3n) is 3.46. The molecule has 0 aliphatic rings. The van der Waals surface area contributed by atoms with Gasteiger partial charge in [-0.2, -0.15) is 0 Å². The van der Waals surface area contributed by atoms with Gasteiger partial charge in [-0.05, 0) is 42.7 Å². The molecule has 0 aliphatic carbocycles. The summed E-state index contributed by atoms with van der Waals surface area (Å²) in [4.78, 5) is 32.0. The van der Waals surface area contributed by atoms with Crippen LogP contribution in [0.4, 0.5) is 11.6 Å². The van der Waals surface area contributed by atoms with Gasteiger partial charge < -0.3 is 15.4 Å². The number of methoxy groups -OCH3 is 1. The van der Waals surface area contributed by atoms with Gasteiger partial charge in [0.15, 0.2) is 0 Å². The molecule has 25 heavy (non-hydrogen) atoms. The molecule has 2 aromatic rings. The maximum absolute atomic E-state index is 12.3. The van der Waals surface area contributed by atoms with E-state index in [1.807, 2.05) is 0 Å². The number of nitrogens with zero attached hydrogens (tertiary/aromatic N) is 2. The second-order valence-corrected chi connectivity index (χ2v) is 5.90. The summed E-state index contributed by atoms with van der Waals surface area (Å²) >= 11 is 0. The molecule has 0 fully saturated rings. The normalized spacial score (nSPS) is 10.4. The summed E-state index contributed by atoms with van der Waals surface area (Å²) in [7, 11) is 1.32. The van der Waals surface area contributed by atoms with E-state index >= 15 is 0 Å². The predicted octanol–water partition coefficient (Wildman–Crippen LogP) is 2.97. The number of aromatic nitrogens is 2. The van der Waals surface area contributed by atoms with Crippen molar-refractivity contribution in [3.8, 4) is 0 Å². The highest BCUT2D eigenvalue weighted by atomic mass is 16.5. The summed E-state index contributed by atoms with van der Waals surface area (Å²) in [6, 6.07) is 7.98. The number of hydrogen-bond acceptors (Lipinski definition) is 6. The Morgan fingerprint density at radius 3 is 2.52 bits per heavy atom. The molecule has 0 spiro atoms. The number of carbonyl (C=O) groups excluding carboxylic acids is 2. The zero-order chi connectivity index (χ0) is 18.2. The number of carbonyl (C=O) groups is 2. The van der Waals surface area contributed by atoms with Crippen molar-refractivity contribution in [2.45, 2.75) is 20.3 Å². The van der Waals surface area contributed by atoms with Crippen molar-refractivity contribution in [1.82, 2.24) is 9.97 Å². The topological polar surface area (TPSA) is 93.2 Å². The molecule has 0 aliphatic heterocycles. The van der Waals surface area contributed by atoms with Gasteiger partial charge in [-0.25, -0.2) is 14.8 Å². The summed E-state index contributed by atoms with van der Waals surface area (Å²) < 4.78 is 4.64. The van der Waals surface area contributed by atoms with E-state index in [9.17, 15) is 9.59 Å². The molecule has 0 saturated heterocycles. The van der Waals surface area contributed by atoms with Gasteiger partial charge in [0, 0.05) is 18.4 Å². The summed E-state index contributed by atoms with van der Waals surface area (Å²) in [6.45, 7) is 5.02. The van der Waals surface area contributed by atoms with Crippen LogP contribution in [0.15, 0.2) is 36.5 Å². The molecule has 1 amide bonds. The number of benzene rings is 1. The van der Waals surface area contributed by atoms with Crippen molar-refractivity contribution in [2.24, 2.45) is 5.92 Å². The third-order valence-corrected chi connectivity index (χ3v) is 3.46. The van der Waals surface area contributed by atoms with Crippen molar-refractivity contribution in [2.75, 3.05) is 24.3 Å². The highest BCUT2D eigenvalue weighted by Crippen LogP contribution is 2.12. The number of ether oxygens (including phenoxy) is 1. The SMILES string of the molecule is COC(=O)c1ccc(NC(=O)c2ccnc(NCCC(C)C)n2)cc1. The Balaban J connectivity index is 1.99. The zero-order valence-corrected chi connectivity index (χ0v) is 14.6. The first-order chi connectivity index (χ1) is 12.0. The maximum atomic E-state index is 12.3. The lowest BCUT2D eigenvalue weighted by Gasteiger charge is -2.09. The lowest BCUT2D eigenvalue weighted by molar-refractivity contribution is 0.0600. The minimum Gasteiger partial charge on any atom is -0.465 e. The molecular weight excluding hydrogens is 320 g/mol. The largest absolute Gasteiger partial charge is 0.465 e. The average Bonchev–Trinajstić information content (AvgIpc) is 2.61. The summed E-state index contributed by atoms with van der Waals surface area (Å²) in [5.41, 5.74) is 1.24. The Labute approximate surface area is 146 Å². The van der Waals surface area contributed by atoms with E-state index in [1.54, 1.807) is 36.5 Å². The fourth-order valence-electron chi connectivity index (χ4n) is 2.05. The summed E-state index contributed by atoms with van der Waals surface area (Å²) in [5, 5.41) is 5.84. The molecular formula is C18H22N4O3. The van der Waals surface area contributed by atoms with Crippen molar-refractivity contribution in [3.63, 3.8) is 0 Å². The van der Waals surface area contributed by atoms with Crippen LogP contribution in [-0.2, 0) is 4.74 Å². The Kier molecular flexibility index (Phi) is 6.45. The van der Waals surface area contributed by atoms with E-state index in [2.05, 4.69) is 39.2 Å². The lowest BCUT2D eigenvalue weighted by Crippen LogP contribution is -2.16.